The second kappa shape index (κ2) is 11.9. The van der Waals surface area contributed by atoms with Crippen LogP contribution in [0.3, 0.4) is 0 Å². The Hall–Kier alpha value is -3.28. The lowest BCUT2D eigenvalue weighted by molar-refractivity contribution is 0.574. The van der Waals surface area contributed by atoms with Crippen molar-refractivity contribution in [1.82, 2.24) is 0 Å². The van der Waals surface area contributed by atoms with Crippen LogP contribution in [0.2, 0.25) is 0 Å². The molecule has 0 spiro atoms. The summed E-state index contributed by atoms with van der Waals surface area (Å²) in [6, 6.07) is 39.1. The zero-order chi connectivity index (χ0) is 22.8. The smallest absolute Gasteiger partial charge is 0.0491 e. The van der Waals surface area contributed by atoms with Crippen molar-refractivity contribution in [2.45, 2.75) is 24.2 Å². The summed E-state index contributed by atoms with van der Waals surface area (Å²) in [5, 5.41) is 0. The molecule has 4 heteroatoms. The summed E-state index contributed by atoms with van der Waals surface area (Å²) in [6.07, 6.45) is 0. The Labute approximate surface area is 190 Å². The summed E-state index contributed by atoms with van der Waals surface area (Å²) >= 11 is 0. The van der Waals surface area contributed by atoms with Gasteiger partial charge in [0.2, 0.25) is 0 Å². The molecule has 0 heterocycles. The fourth-order valence-corrected chi connectivity index (χ4v) is 3.53. The van der Waals surface area contributed by atoms with Gasteiger partial charge in [-0.25, -0.2) is 0 Å². The highest BCUT2D eigenvalue weighted by atomic mass is 14.8. The molecule has 0 fully saturated rings. The van der Waals surface area contributed by atoms with E-state index in [0.717, 1.165) is 22.3 Å². The lowest BCUT2D eigenvalue weighted by Gasteiger charge is -2.20. The first-order valence-electron chi connectivity index (χ1n) is 10.8. The fourth-order valence-electron chi connectivity index (χ4n) is 3.53. The van der Waals surface area contributed by atoms with Gasteiger partial charge in [-0.2, -0.15) is 0 Å². The molecule has 0 aliphatic carbocycles. The first-order valence-corrected chi connectivity index (χ1v) is 10.8. The van der Waals surface area contributed by atoms with Crippen LogP contribution in [0.25, 0.3) is 0 Å². The van der Waals surface area contributed by atoms with Gasteiger partial charge in [0.15, 0.2) is 0 Å². The summed E-state index contributed by atoms with van der Waals surface area (Å²) in [5.74, 6) is 0. The highest BCUT2D eigenvalue weighted by Gasteiger charge is 2.17. The molecule has 0 saturated heterocycles. The van der Waals surface area contributed by atoms with Crippen molar-refractivity contribution < 1.29 is 0 Å². The number of hydrogen-bond acceptors (Lipinski definition) is 4. The maximum Gasteiger partial charge on any atom is 0.0491 e. The van der Waals surface area contributed by atoms with Crippen LogP contribution in [0.4, 0.5) is 0 Å². The van der Waals surface area contributed by atoms with E-state index < -0.39 is 0 Å². The van der Waals surface area contributed by atoms with E-state index in [4.69, 9.17) is 22.9 Å². The van der Waals surface area contributed by atoms with Crippen molar-refractivity contribution >= 4 is 0 Å². The number of rotatable bonds is 6. The average molecular weight is 425 g/mol. The van der Waals surface area contributed by atoms with Crippen LogP contribution in [0.5, 0.6) is 0 Å². The molecule has 4 atom stereocenters. The Morgan fingerprint density at radius 2 is 0.438 bits per heavy atom. The van der Waals surface area contributed by atoms with Gasteiger partial charge in [0.05, 0.1) is 0 Å². The van der Waals surface area contributed by atoms with E-state index in [9.17, 15) is 0 Å². The highest BCUT2D eigenvalue weighted by molar-refractivity contribution is 5.27. The molecular formula is C28H32N4. The Bertz CT molecular complexity index is 850. The average Bonchev–Trinajstić information content (AvgIpc) is 2.89. The maximum absolute atomic E-state index is 6.15. The van der Waals surface area contributed by atoms with E-state index in [-0.39, 0.29) is 24.2 Å². The summed E-state index contributed by atoms with van der Waals surface area (Å²) in [7, 11) is 0. The van der Waals surface area contributed by atoms with Crippen LogP contribution in [-0.4, -0.2) is 0 Å². The Morgan fingerprint density at radius 1 is 0.281 bits per heavy atom. The Kier molecular flexibility index (Phi) is 8.72. The molecule has 4 unspecified atom stereocenters. The molecule has 0 aliphatic heterocycles. The van der Waals surface area contributed by atoms with Crippen LogP contribution in [-0.2, 0) is 0 Å². The van der Waals surface area contributed by atoms with Crippen molar-refractivity contribution in [2.75, 3.05) is 0 Å². The summed E-state index contributed by atoms with van der Waals surface area (Å²) < 4.78 is 0. The predicted octanol–water partition coefficient (Wildman–Crippen LogP) is 4.77. The first-order chi connectivity index (χ1) is 15.6. The van der Waals surface area contributed by atoms with Gasteiger partial charge in [-0.05, 0) is 22.3 Å². The van der Waals surface area contributed by atoms with Crippen molar-refractivity contribution in [2.24, 2.45) is 22.9 Å². The Morgan fingerprint density at radius 3 is 0.594 bits per heavy atom. The molecule has 0 aromatic heterocycles. The normalized spacial score (nSPS) is 14.4. The van der Waals surface area contributed by atoms with E-state index in [1.54, 1.807) is 0 Å². The molecule has 0 radical (unpaired) electrons. The first kappa shape index (κ1) is 23.4. The summed E-state index contributed by atoms with van der Waals surface area (Å²) in [4.78, 5) is 0. The monoisotopic (exact) mass is 424 g/mol. The molecule has 0 aliphatic rings. The van der Waals surface area contributed by atoms with Crippen molar-refractivity contribution in [3.05, 3.63) is 144 Å². The third-order valence-corrected chi connectivity index (χ3v) is 5.51. The van der Waals surface area contributed by atoms with Crippen molar-refractivity contribution in [3.63, 3.8) is 0 Å². The Balaban J connectivity index is 0.000000181. The molecule has 4 rings (SSSR count). The minimum atomic E-state index is -0.163. The van der Waals surface area contributed by atoms with Crippen molar-refractivity contribution in [1.29, 1.82) is 0 Å². The van der Waals surface area contributed by atoms with Crippen LogP contribution in [0.1, 0.15) is 46.4 Å². The van der Waals surface area contributed by atoms with Crippen LogP contribution in [0, 0.1) is 0 Å². The second-order valence-electron chi connectivity index (χ2n) is 7.75. The van der Waals surface area contributed by atoms with Gasteiger partial charge in [-0.3, -0.25) is 0 Å². The number of benzene rings is 4. The van der Waals surface area contributed by atoms with Crippen LogP contribution in [0.15, 0.2) is 121 Å². The van der Waals surface area contributed by atoms with Gasteiger partial charge in [0.25, 0.3) is 0 Å². The van der Waals surface area contributed by atoms with Gasteiger partial charge in [-0.1, -0.05) is 121 Å². The maximum atomic E-state index is 6.15. The molecule has 0 bridgehead atoms. The number of nitrogens with two attached hydrogens (primary N) is 4. The van der Waals surface area contributed by atoms with E-state index in [1.807, 2.05) is 121 Å². The van der Waals surface area contributed by atoms with Gasteiger partial charge < -0.3 is 22.9 Å². The summed E-state index contributed by atoms with van der Waals surface area (Å²) in [6.45, 7) is 0. The van der Waals surface area contributed by atoms with Crippen LogP contribution >= 0.6 is 0 Å². The topological polar surface area (TPSA) is 104 Å². The molecule has 8 N–H and O–H groups in total. The molecule has 164 valence electrons. The quantitative estimate of drug-likeness (QED) is 0.358. The third kappa shape index (κ3) is 6.36. The number of hydrogen-bond donors (Lipinski definition) is 4. The third-order valence-electron chi connectivity index (χ3n) is 5.51. The highest BCUT2D eigenvalue weighted by Crippen LogP contribution is 2.24. The standard InChI is InChI=1S/2C14H16N2/c2*15-13(11-7-3-1-4-8-11)14(16)12-9-5-2-6-10-12/h2*1-10,13-14H,15-16H2. The lowest BCUT2D eigenvalue weighted by Crippen LogP contribution is -2.26. The molecule has 4 aromatic carbocycles. The van der Waals surface area contributed by atoms with Gasteiger partial charge in [-0.15, -0.1) is 0 Å². The van der Waals surface area contributed by atoms with Gasteiger partial charge in [0, 0.05) is 24.2 Å². The van der Waals surface area contributed by atoms with Crippen molar-refractivity contribution in [3.8, 4) is 0 Å². The molecule has 0 saturated carbocycles. The minimum absolute atomic E-state index is 0.163. The second-order valence-corrected chi connectivity index (χ2v) is 7.75. The SMILES string of the molecule is NC(c1ccccc1)C(N)c1ccccc1.NC(c1ccccc1)C(N)c1ccccc1. The minimum Gasteiger partial charge on any atom is -0.322 e. The van der Waals surface area contributed by atoms with E-state index >= 15 is 0 Å². The largest absolute Gasteiger partial charge is 0.322 e. The van der Waals surface area contributed by atoms with Gasteiger partial charge >= 0.3 is 0 Å². The predicted molar refractivity (Wildman–Crippen MR) is 133 cm³/mol. The van der Waals surface area contributed by atoms with E-state index in [2.05, 4.69) is 0 Å². The summed E-state index contributed by atoms with van der Waals surface area (Å²) in [5.41, 5.74) is 28.9. The van der Waals surface area contributed by atoms with Crippen LogP contribution < -0.4 is 22.9 Å². The van der Waals surface area contributed by atoms with E-state index in [1.165, 1.54) is 0 Å². The molecule has 4 nitrogen and oxygen atoms in total. The molecular weight excluding hydrogens is 392 g/mol. The zero-order valence-electron chi connectivity index (χ0n) is 18.2. The fraction of sp³-hybridized carbons (Fsp3) is 0.143. The zero-order valence-corrected chi connectivity index (χ0v) is 18.2. The molecule has 4 aromatic rings. The van der Waals surface area contributed by atoms with Gasteiger partial charge in [0.1, 0.15) is 0 Å². The lowest BCUT2D eigenvalue weighted by atomic mass is 9.95. The molecule has 0 amide bonds. The molecule has 32 heavy (non-hydrogen) atoms. The van der Waals surface area contributed by atoms with E-state index in [0.29, 0.717) is 0 Å².